The molecule has 2 rings (SSSR count). The molecule has 0 aliphatic heterocycles. The van der Waals surface area contributed by atoms with Gasteiger partial charge in [0.05, 0.1) is 22.3 Å². The Morgan fingerprint density at radius 1 is 1.32 bits per heavy atom. The molecule has 0 atom stereocenters. The summed E-state index contributed by atoms with van der Waals surface area (Å²) in [5, 5.41) is 13.7. The molecule has 0 heterocycles. The number of aromatic hydroxyl groups is 1. The van der Waals surface area contributed by atoms with Gasteiger partial charge in [0.15, 0.2) is 6.61 Å². The number of halogens is 2. The van der Waals surface area contributed by atoms with E-state index in [2.05, 4.69) is 42.4 Å². The number of hydrogen-bond donors (Lipinski definition) is 2. The van der Waals surface area contributed by atoms with Crippen LogP contribution in [0.1, 0.15) is 11.1 Å². The van der Waals surface area contributed by atoms with E-state index in [4.69, 9.17) is 9.47 Å². The molecule has 8 heteroatoms. The molecule has 0 aliphatic carbocycles. The minimum absolute atomic E-state index is 0.128. The van der Waals surface area contributed by atoms with Gasteiger partial charge in [-0.3, -0.25) is 4.79 Å². The number of carbonyl (C=O) groups excluding carboxylic acids is 1. The summed E-state index contributed by atoms with van der Waals surface area (Å²) in [6, 6.07) is 8.73. The van der Waals surface area contributed by atoms with Crippen molar-refractivity contribution in [3.05, 3.63) is 50.4 Å². The van der Waals surface area contributed by atoms with Crippen molar-refractivity contribution in [1.82, 2.24) is 5.43 Å². The molecule has 0 saturated carbocycles. The molecule has 0 fully saturated rings. The van der Waals surface area contributed by atoms with E-state index in [9.17, 15) is 9.90 Å². The molecule has 1 amide bonds. The lowest BCUT2D eigenvalue weighted by Crippen LogP contribution is -2.24. The molecular formula is C17H16Br2N2O4. The van der Waals surface area contributed by atoms with Gasteiger partial charge in [0.2, 0.25) is 0 Å². The number of carbonyl (C=O) groups is 1. The van der Waals surface area contributed by atoms with Crippen molar-refractivity contribution in [2.75, 3.05) is 13.7 Å². The molecule has 0 unspecified atom stereocenters. The van der Waals surface area contributed by atoms with E-state index in [0.29, 0.717) is 26.0 Å². The average molecular weight is 472 g/mol. The third-order valence-electron chi connectivity index (χ3n) is 3.22. The Bertz CT molecular complexity index is 786. The molecule has 25 heavy (non-hydrogen) atoms. The van der Waals surface area contributed by atoms with Gasteiger partial charge in [-0.05, 0) is 62.5 Å². The Morgan fingerprint density at radius 3 is 2.64 bits per heavy atom. The number of benzene rings is 2. The number of phenolic OH excluding ortho intramolecular Hbond substituents is 1. The lowest BCUT2D eigenvalue weighted by molar-refractivity contribution is -0.123. The topological polar surface area (TPSA) is 80.2 Å². The fourth-order valence-corrected chi connectivity index (χ4v) is 3.30. The first-order valence-electron chi connectivity index (χ1n) is 7.18. The number of nitrogens with one attached hydrogen (secondary N) is 1. The lowest BCUT2D eigenvalue weighted by Gasteiger charge is -2.11. The number of ether oxygens (including phenoxy) is 2. The molecule has 132 valence electrons. The Hall–Kier alpha value is -2.06. The van der Waals surface area contributed by atoms with E-state index in [1.165, 1.54) is 6.21 Å². The summed E-state index contributed by atoms with van der Waals surface area (Å²) < 4.78 is 11.9. The summed E-state index contributed by atoms with van der Waals surface area (Å²) >= 11 is 6.73. The van der Waals surface area contributed by atoms with Gasteiger partial charge in [-0.2, -0.15) is 5.10 Å². The average Bonchev–Trinajstić information content (AvgIpc) is 2.57. The number of phenols is 1. The van der Waals surface area contributed by atoms with Crippen LogP contribution >= 0.6 is 31.9 Å². The molecule has 2 N–H and O–H groups in total. The van der Waals surface area contributed by atoms with Gasteiger partial charge in [-0.25, -0.2) is 5.43 Å². The van der Waals surface area contributed by atoms with Crippen LogP contribution in [0, 0.1) is 6.92 Å². The van der Waals surface area contributed by atoms with Crippen LogP contribution in [0.3, 0.4) is 0 Å². The Morgan fingerprint density at radius 2 is 2.00 bits per heavy atom. The lowest BCUT2D eigenvalue weighted by atomic mass is 10.1. The highest BCUT2D eigenvalue weighted by Crippen LogP contribution is 2.37. The Labute approximate surface area is 162 Å². The quantitative estimate of drug-likeness (QED) is 0.496. The summed E-state index contributed by atoms with van der Waals surface area (Å²) in [7, 11) is 1.56. The smallest absolute Gasteiger partial charge is 0.277 e. The van der Waals surface area contributed by atoms with Crippen LogP contribution in [0.25, 0.3) is 0 Å². The summed E-state index contributed by atoms with van der Waals surface area (Å²) in [4.78, 5) is 11.8. The number of nitrogens with zero attached hydrogens (tertiary/aromatic N) is 1. The first-order valence-corrected chi connectivity index (χ1v) is 8.77. The number of hydrazone groups is 1. The predicted octanol–water partition coefficient (Wildman–Crippen LogP) is 3.76. The van der Waals surface area contributed by atoms with Crippen molar-refractivity contribution >= 4 is 44.0 Å². The highest BCUT2D eigenvalue weighted by Gasteiger charge is 2.11. The standard InChI is InChI=1S/C17H16Br2N2O4/c1-10-4-3-5-11(16(10)23)8-20-21-15(22)9-25-17-13(18)6-12(24-2)7-14(17)19/h3-8,23H,9H2,1-2H3,(H,21,22)/b20-8+. The molecule has 0 aromatic heterocycles. The van der Waals surface area contributed by atoms with E-state index in [1.54, 1.807) is 44.4 Å². The summed E-state index contributed by atoms with van der Waals surface area (Å²) in [5.74, 6) is 0.829. The molecule has 2 aromatic carbocycles. The van der Waals surface area contributed by atoms with Gasteiger partial charge >= 0.3 is 0 Å². The summed E-state index contributed by atoms with van der Waals surface area (Å²) in [6.07, 6.45) is 1.37. The molecule has 0 spiro atoms. The molecular weight excluding hydrogens is 456 g/mol. The number of methoxy groups -OCH3 is 1. The van der Waals surface area contributed by atoms with Crippen LogP contribution in [0.15, 0.2) is 44.4 Å². The molecule has 6 nitrogen and oxygen atoms in total. The SMILES string of the molecule is COc1cc(Br)c(OCC(=O)N/N=C/c2cccc(C)c2O)c(Br)c1. The second kappa shape index (κ2) is 8.87. The first-order chi connectivity index (χ1) is 11.9. The van der Waals surface area contributed by atoms with Crippen LogP contribution in [0.5, 0.6) is 17.2 Å². The largest absolute Gasteiger partial charge is 0.507 e. The molecule has 0 bridgehead atoms. The minimum Gasteiger partial charge on any atom is -0.507 e. The zero-order valence-electron chi connectivity index (χ0n) is 13.5. The normalized spacial score (nSPS) is 10.7. The van der Waals surface area contributed by atoms with Gasteiger partial charge in [-0.15, -0.1) is 0 Å². The van der Waals surface area contributed by atoms with Crippen LogP contribution in [0.4, 0.5) is 0 Å². The van der Waals surface area contributed by atoms with E-state index >= 15 is 0 Å². The maximum Gasteiger partial charge on any atom is 0.277 e. The van der Waals surface area contributed by atoms with Gasteiger partial charge < -0.3 is 14.6 Å². The third-order valence-corrected chi connectivity index (χ3v) is 4.40. The van der Waals surface area contributed by atoms with Gasteiger partial charge in [0.1, 0.15) is 17.2 Å². The number of rotatable bonds is 6. The van der Waals surface area contributed by atoms with Crippen molar-refractivity contribution in [3.8, 4) is 17.2 Å². The summed E-state index contributed by atoms with van der Waals surface area (Å²) in [5.41, 5.74) is 3.59. The van der Waals surface area contributed by atoms with Crippen molar-refractivity contribution in [3.63, 3.8) is 0 Å². The molecule has 0 aliphatic rings. The zero-order chi connectivity index (χ0) is 18.4. The van der Waals surface area contributed by atoms with Crippen molar-refractivity contribution < 1.29 is 19.4 Å². The van der Waals surface area contributed by atoms with Gasteiger partial charge in [0, 0.05) is 5.56 Å². The summed E-state index contributed by atoms with van der Waals surface area (Å²) in [6.45, 7) is 1.56. The van der Waals surface area contributed by atoms with E-state index in [1.807, 2.05) is 0 Å². The fourth-order valence-electron chi connectivity index (χ4n) is 1.92. The zero-order valence-corrected chi connectivity index (χ0v) is 16.7. The highest BCUT2D eigenvalue weighted by molar-refractivity contribution is 9.11. The molecule has 0 saturated heterocycles. The fraction of sp³-hybridized carbons (Fsp3) is 0.176. The number of amides is 1. The first kappa shape index (κ1) is 19.3. The monoisotopic (exact) mass is 470 g/mol. The van der Waals surface area contributed by atoms with Crippen molar-refractivity contribution in [1.29, 1.82) is 0 Å². The van der Waals surface area contributed by atoms with Crippen molar-refractivity contribution in [2.24, 2.45) is 5.10 Å². The second-order valence-corrected chi connectivity index (χ2v) is 6.72. The van der Waals surface area contributed by atoms with Crippen LogP contribution < -0.4 is 14.9 Å². The van der Waals surface area contributed by atoms with Crippen molar-refractivity contribution in [2.45, 2.75) is 6.92 Å². The maximum atomic E-state index is 11.8. The van der Waals surface area contributed by atoms with Gasteiger partial charge in [0.25, 0.3) is 5.91 Å². The van der Waals surface area contributed by atoms with Crippen LogP contribution in [-0.2, 0) is 4.79 Å². The van der Waals surface area contributed by atoms with E-state index in [-0.39, 0.29) is 12.4 Å². The maximum absolute atomic E-state index is 11.8. The highest BCUT2D eigenvalue weighted by atomic mass is 79.9. The van der Waals surface area contributed by atoms with E-state index < -0.39 is 5.91 Å². The minimum atomic E-state index is -0.432. The third kappa shape index (κ3) is 5.20. The molecule has 0 radical (unpaired) electrons. The Balaban J connectivity index is 1.93. The predicted molar refractivity (Wildman–Crippen MR) is 102 cm³/mol. The second-order valence-electron chi connectivity index (χ2n) is 5.01. The number of aryl methyl sites for hydroxylation is 1. The van der Waals surface area contributed by atoms with Gasteiger partial charge in [-0.1, -0.05) is 12.1 Å². The van der Waals surface area contributed by atoms with Crippen LogP contribution in [0.2, 0.25) is 0 Å². The Kier molecular flexibility index (Phi) is 6.83. The van der Waals surface area contributed by atoms with Crippen LogP contribution in [-0.4, -0.2) is 30.9 Å². The molecule has 2 aromatic rings. The van der Waals surface area contributed by atoms with E-state index in [0.717, 1.165) is 5.56 Å². The number of hydrogen-bond acceptors (Lipinski definition) is 5. The number of para-hydroxylation sites is 1.